The van der Waals surface area contributed by atoms with Crippen LogP contribution in [0.3, 0.4) is 0 Å². The van der Waals surface area contributed by atoms with Crippen molar-refractivity contribution in [1.29, 1.82) is 0 Å². The first-order valence-corrected chi connectivity index (χ1v) is 10.4. The molecular weight excluding hydrogens is 332 g/mol. The summed E-state index contributed by atoms with van der Waals surface area (Å²) < 4.78 is 5.37. The third-order valence-electron chi connectivity index (χ3n) is 5.38. The Morgan fingerprint density at radius 3 is 2.76 bits per heavy atom. The normalized spacial score (nSPS) is 24.2. The van der Waals surface area contributed by atoms with E-state index in [2.05, 4.69) is 0 Å². The highest BCUT2D eigenvalue weighted by molar-refractivity contribution is 7.99. The molecule has 1 aliphatic heterocycles. The Morgan fingerprint density at radius 1 is 1.24 bits per heavy atom. The average Bonchev–Trinajstić information content (AvgIpc) is 2.76. The molecule has 1 heterocycles. The lowest BCUT2D eigenvalue weighted by atomic mass is 9.76. The molecule has 136 valence electrons. The van der Waals surface area contributed by atoms with E-state index in [1.54, 1.807) is 11.8 Å². The van der Waals surface area contributed by atoms with Gasteiger partial charge in [0.15, 0.2) is 5.78 Å². The standard InChI is InChI=1S/C21H28O3S/c1-13(2)11-24-21(23)14(3)15-8-9-18-19(10-15)25-12-16-6-4-5-7-17(16)20(18)22/h8-10,13-14,16-17H,4-7,11-12H2,1-3H3/t14?,16-,17+/m1/s1. The molecule has 2 aliphatic rings. The van der Waals surface area contributed by atoms with Crippen LogP contribution in [0.15, 0.2) is 23.1 Å². The molecular formula is C21H28O3S. The molecule has 0 aromatic heterocycles. The summed E-state index contributed by atoms with van der Waals surface area (Å²) in [6.07, 6.45) is 4.62. The summed E-state index contributed by atoms with van der Waals surface area (Å²) in [5.41, 5.74) is 1.79. The minimum Gasteiger partial charge on any atom is -0.465 e. The van der Waals surface area contributed by atoms with E-state index >= 15 is 0 Å². The van der Waals surface area contributed by atoms with Crippen molar-refractivity contribution < 1.29 is 14.3 Å². The molecule has 3 atom stereocenters. The van der Waals surface area contributed by atoms with Gasteiger partial charge in [-0.1, -0.05) is 32.8 Å². The molecule has 4 heteroatoms. The molecule has 25 heavy (non-hydrogen) atoms. The van der Waals surface area contributed by atoms with E-state index in [1.165, 1.54) is 19.3 Å². The molecule has 1 aliphatic carbocycles. The zero-order valence-corrected chi connectivity index (χ0v) is 16.2. The Bertz CT molecular complexity index is 653. The maximum Gasteiger partial charge on any atom is 0.313 e. The van der Waals surface area contributed by atoms with Crippen LogP contribution in [0.25, 0.3) is 0 Å². The Morgan fingerprint density at radius 2 is 2.00 bits per heavy atom. The monoisotopic (exact) mass is 360 g/mol. The third kappa shape index (κ3) is 4.11. The van der Waals surface area contributed by atoms with Crippen molar-refractivity contribution in [3.05, 3.63) is 29.3 Å². The number of ketones is 1. The summed E-state index contributed by atoms with van der Waals surface area (Å²) in [6, 6.07) is 5.90. The summed E-state index contributed by atoms with van der Waals surface area (Å²) in [7, 11) is 0. The molecule has 0 saturated heterocycles. The van der Waals surface area contributed by atoms with Gasteiger partial charge in [0.2, 0.25) is 0 Å². The van der Waals surface area contributed by atoms with Crippen LogP contribution >= 0.6 is 11.8 Å². The van der Waals surface area contributed by atoms with Crippen LogP contribution in [-0.4, -0.2) is 24.1 Å². The number of rotatable bonds is 4. The van der Waals surface area contributed by atoms with E-state index in [4.69, 9.17) is 4.74 Å². The van der Waals surface area contributed by atoms with Gasteiger partial charge in [-0.25, -0.2) is 0 Å². The fourth-order valence-corrected chi connectivity index (χ4v) is 5.13. The number of ether oxygens (including phenoxy) is 1. The van der Waals surface area contributed by atoms with E-state index in [1.807, 2.05) is 39.0 Å². The summed E-state index contributed by atoms with van der Waals surface area (Å²) in [5.74, 6) is 1.87. The minimum atomic E-state index is -0.301. The highest BCUT2D eigenvalue weighted by Gasteiger charge is 2.35. The molecule has 0 radical (unpaired) electrons. The van der Waals surface area contributed by atoms with Crippen molar-refractivity contribution in [1.82, 2.24) is 0 Å². The molecule has 1 aromatic carbocycles. The lowest BCUT2D eigenvalue weighted by Gasteiger charge is -2.28. The van der Waals surface area contributed by atoms with Crippen molar-refractivity contribution in [2.45, 2.75) is 57.3 Å². The van der Waals surface area contributed by atoms with Crippen molar-refractivity contribution >= 4 is 23.5 Å². The predicted octanol–water partition coefficient (Wildman–Crippen LogP) is 5.08. The van der Waals surface area contributed by atoms with Crippen molar-refractivity contribution in [2.24, 2.45) is 17.8 Å². The van der Waals surface area contributed by atoms with Crippen LogP contribution < -0.4 is 0 Å². The van der Waals surface area contributed by atoms with Gasteiger partial charge in [-0.15, -0.1) is 11.8 Å². The zero-order chi connectivity index (χ0) is 18.0. The Balaban J connectivity index is 1.79. The van der Waals surface area contributed by atoms with Gasteiger partial charge >= 0.3 is 5.97 Å². The quantitative estimate of drug-likeness (QED) is 0.702. The molecule has 3 nitrogen and oxygen atoms in total. The lowest BCUT2D eigenvalue weighted by Crippen LogP contribution is -2.27. The number of carbonyl (C=O) groups excluding carboxylic acids is 2. The van der Waals surface area contributed by atoms with Gasteiger partial charge in [-0.05, 0) is 49.3 Å². The highest BCUT2D eigenvalue weighted by atomic mass is 32.2. The first kappa shape index (κ1) is 18.5. The summed E-state index contributed by atoms with van der Waals surface area (Å²) in [5, 5.41) is 0. The number of hydrogen-bond acceptors (Lipinski definition) is 4. The fourth-order valence-electron chi connectivity index (χ4n) is 3.79. The van der Waals surface area contributed by atoms with E-state index in [9.17, 15) is 9.59 Å². The Kier molecular flexibility index (Phi) is 5.88. The van der Waals surface area contributed by atoms with Gasteiger partial charge in [0.25, 0.3) is 0 Å². The molecule has 3 rings (SSSR count). The predicted molar refractivity (Wildman–Crippen MR) is 101 cm³/mol. The van der Waals surface area contributed by atoms with Crippen molar-refractivity contribution in [3.63, 3.8) is 0 Å². The highest BCUT2D eigenvalue weighted by Crippen LogP contribution is 2.42. The van der Waals surface area contributed by atoms with Gasteiger partial charge in [-0.3, -0.25) is 9.59 Å². The number of Topliss-reactive ketones (excluding diaryl/α,β-unsaturated/α-hetero) is 1. The molecule has 1 unspecified atom stereocenters. The lowest BCUT2D eigenvalue weighted by molar-refractivity contribution is -0.146. The smallest absolute Gasteiger partial charge is 0.313 e. The molecule has 1 fully saturated rings. The van der Waals surface area contributed by atoms with Crippen LogP contribution in [0.2, 0.25) is 0 Å². The van der Waals surface area contributed by atoms with E-state index in [-0.39, 0.29) is 17.8 Å². The summed E-state index contributed by atoms with van der Waals surface area (Å²) in [4.78, 5) is 26.3. The van der Waals surface area contributed by atoms with E-state index < -0.39 is 0 Å². The minimum absolute atomic E-state index is 0.188. The van der Waals surface area contributed by atoms with E-state index in [0.717, 1.165) is 28.2 Å². The fraction of sp³-hybridized carbons (Fsp3) is 0.619. The molecule has 0 amide bonds. The first-order chi connectivity index (χ1) is 12.0. The number of hydrogen-bond donors (Lipinski definition) is 0. The number of benzene rings is 1. The van der Waals surface area contributed by atoms with Crippen LogP contribution in [0.4, 0.5) is 0 Å². The maximum absolute atomic E-state index is 13.0. The summed E-state index contributed by atoms with van der Waals surface area (Å²) >= 11 is 1.79. The number of carbonyl (C=O) groups is 2. The Labute approximate surface area is 154 Å². The van der Waals surface area contributed by atoms with Gasteiger partial charge in [0, 0.05) is 22.1 Å². The molecule has 0 spiro atoms. The first-order valence-electron chi connectivity index (χ1n) is 9.45. The third-order valence-corrected chi connectivity index (χ3v) is 6.63. The van der Waals surface area contributed by atoms with Crippen LogP contribution in [-0.2, 0) is 9.53 Å². The van der Waals surface area contributed by atoms with Crippen LogP contribution in [0.1, 0.15) is 68.3 Å². The second kappa shape index (κ2) is 7.94. The largest absolute Gasteiger partial charge is 0.465 e. The molecule has 1 saturated carbocycles. The SMILES string of the molecule is CC(C)COC(=O)C(C)c1ccc2c(c1)SC[C@H]1CCCC[C@@H]1C2=O. The average molecular weight is 361 g/mol. The van der Waals surface area contributed by atoms with Gasteiger partial charge in [0.1, 0.15) is 0 Å². The van der Waals surface area contributed by atoms with Gasteiger partial charge in [0.05, 0.1) is 12.5 Å². The second-order valence-corrected chi connectivity index (χ2v) is 8.89. The van der Waals surface area contributed by atoms with Crippen LogP contribution in [0, 0.1) is 17.8 Å². The number of esters is 1. The van der Waals surface area contributed by atoms with E-state index in [0.29, 0.717) is 24.2 Å². The maximum atomic E-state index is 13.0. The molecule has 0 N–H and O–H groups in total. The Hall–Kier alpha value is -1.29. The number of thioether (sulfide) groups is 1. The number of fused-ring (bicyclic) bond motifs is 2. The summed E-state index contributed by atoms with van der Waals surface area (Å²) in [6.45, 7) is 6.39. The zero-order valence-electron chi connectivity index (χ0n) is 15.4. The van der Waals surface area contributed by atoms with Crippen molar-refractivity contribution in [2.75, 3.05) is 12.4 Å². The van der Waals surface area contributed by atoms with Gasteiger partial charge in [-0.2, -0.15) is 0 Å². The van der Waals surface area contributed by atoms with Gasteiger partial charge < -0.3 is 4.74 Å². The van der Waals surface area contributed by atoms with Crippen molar-refractivity contribution in [3.8, 4) is 0 Å². The topological polar surface area (TPSA) is 43.4 Å². The molecule has 0 bridgehead atoms. The molecule has 1 aromatic rings. The second-order valence-electron chi connectivity index (χ2n) is 7.83. The van der Waals surface area contributed by atoms with Crippen LogP contribution in [0.5, 0.6) is 0 Å².